The Morgan fingerprint density at radius 1 is 1.03 bits per heavy atom. The first-order chi connectivity index (χ1) is 14.5. The standard InChI is InChI=1S/C26H28ClNO2/c1-3-18(2)30-24-15-14-23(21-8-4-5-9-22(21)24)28-25(29)26(16-6-7-17-26)19-10-12-20(27)13-11-19/h4-5,8-15,18H,3,6-7,16-17H2,1-2H3,(H,28,29)/t18-/m0/s1. The number of ether oxygens (including phenoxy) is 1. The molecule has 0 bridgehead atoms. The lowest BCUT2D eigenvalue weighted by Crippen LogP contribution is -2.38. The largest absolute Gasteiger partial charge is 0.490 e. The number of anilines is 1. The lowest BCUT2D eigenvalue weighted by Gasteiger charge is -2.29. The third-order valence-electron chi connectivity index (χ3n) is 6.32. The second-order valence-corrected chi connectivity index (χ2v) is 8.68. The molecule has 1 aliphatic carbocycles. The molecule has 0 heterocycles. The molecule has 0 unspecified atom stereocenters. The van der Waals surface area contributed by atoms with E-state index in [0.29, 0.717) is 5.02 Å². The van der Waals surface area contributed by atoms with Crippen molar-refractivity contribution in [1.82, 2.24) is 0 Å². The van der Waals surface area contributed by atoms with Gasteiger partial charge in [-0.2, -0.15) is 0 Å². The summed E-state index contributed by atoms with van der Waals surface area (Å²) in [5.74, 6) is 0.911. The minimum atomic E-state index is -0.502. The maximum Gasteiger partial charge on any atom is 0.235 e. The summed E-state index contributed by atoms with van der Waals surface area (Å²) in [6, 6.07) is 19.8. The molecule has 0 saturated heterocycles. The first kappa shape index (κ1) is 20.7. The second kappa shape index (κ2) is 8.69. The number of amides is 1. The number of carbonyl (C=O) groups excluding carboxylic acids is 1. The number of nitrogens with one attached hydrogen (secondary N) is 1. The van der Waals surface area contributed by atoms with Crippen LogP contribution < -0.4 is 10.1 Å². The molecule has 3 aromatic carbocycles. The van der Waals surface area contributed by atoms with Gasteiger partial charge in [0.15, 0.2) is 0 Å². The lowest BCUT2D eigenvalue weighted by atomic mass is 9.78. The fourth-order valence-electron chi connectivity index (χ4n) is 4.42. The molecule has 3 aromatic rings. The average molecular weight is 422 g/mol. The van der Waals surface area contributed by atoms with E-state index in [9.17, 15) is 4.79 Å². The summed E-state index contributed by atoms with van der Waals surface area (Å²) in [6.07, 6.45) is 4.90. The molecule has 3 nitrogen and oxygen atoms in total. The molecule has 30 heavy (non-hydrogen) atoms. The van der Waals surface area contributed by atoms with E-state index in [1.807, 2.05) is 60.7 Å². The van der Waals surface area contributed by atoms with Crippen LogP contribution in [0.15, 0.2) is 60.7 Å². The van der Waals surface area contributed by atoms with Gasteiger partial charge in [-0.05, 0) is 56.0 Å². The first-order valence-electron chi connectivity index (χ1n) is 10.8. The summed E-state index contributed by atoms with van der Waals surface area (Å²) in [5, 5.41) is 5.95. The fraction of sp³-hybridized carbons (Fsp3) is 0.346. The van der Waals surface area contributed by atoms with Gasteiger partial charge in [0.25, 0.3) is 0 Å². The maximum atomic E-state index is 13.6. The van der Waals surface area contributed by atoms with E-state index in [1.54, 1.807) is 0 Å². The molecule has 1 aliphatic rings. The van der Waals surface area contributed by atoms with Crippen LogP contribution in [-0.4, -0.2) is 12.0 Å². The summed E-state index contributed by atoms with van der Waals surface area (Å²) in [6.45, 7) is 4.18. The van der Waals surface area contributed by atoms with Crippen molar-refractivity contribution in [3.05, 3.63) is 71.2 Å². The van der Waals surface area contributed by atoms with Gasteiger partial charge < -0.3 is 10.1 Å². The van der Waals surface area contributed by atoms with Gasteiger partial charge in [0, 0.05) is 21.5 Å². The van der Waals surface area contributed by atoms with Crippen molar-refractivity contribution in [2.45, 2.75) is 57.5 Å². The van der Waals surface area contributed by atoms with Crippen molar-refractivity contribution in [3.8, 4) is 5.75 Å². The van der Waals surface area contributed by atoms with Crippen molar-refractivity contribution in [2.24, 2.45) is 0 Å². The highest BCUT2D eigenvalue weighted by Gasteiger charge is 2.42. The Morgan fingerprint density at radius 3 is 2.37 bits per heavy atom. The van der Waals surface area contributed by atoms with Crippen molar-refractivity contribution in [2.75, 3.05) is 5.32 Å². The topological polar surface area (TPSA) is 38.3 Å². The van der Waals surface area contributed by atoms with Gasteiger partial charge in [0.1, 0.15) is 5.75 Å². The molecular formula is C26H28ClNO2. The Balaban J connectivity index is 1.69. The Kier molecular flexibility index (Phi) is 6.01. The third-order valence-corrected chi connectivity index (χ3v) is 6.58. The normalized spacial score (nSPS) is 16.4. The Bertz CT molecular complexity index is 1040. The maximum absolute atomic E-state index is 13.6. The van der Waals surface area contributed by atoms with E-state index in [0.717, 1.165) is 59.9 Å². The van der Waals surface area contributed by atoms with Crippen molar-refractivity contribution < 1.29 is 9.53 Å². The third kappa shape index (κ3) is 3.91. The summed E-state index contributed by atoms with van der Waals surface area (Å²) in [7, 11) is 0. The molecule has 0 aliphatic heterocycles. The van der Waals surface area contributed by atoms with E-state index in [4.69, 9.17) is 16.3 Å². The monoisotopic (exact) mass is 421 g/mol. The predicted molar refractivity (Wildman–Crippen MR) is 125 cm³/mol. The van der Waals surface area contributed by atoms with Gasteiger partial charge in [-0.25, -0.2) is 0 Å². The molecule has 4 rings (SSSR count). The lowest BCUT2D eigenvalue weighted by molar-refractivity contribution is -0.121. The number of carbonyl (C=O) groups is 1. The van der Waals surface area contributed by atoms with Gasteiger partial charge in [-0.1, -0.05) is 67.8 Å². The molecule has 0 spiro atoms. The average Bonchev–Trinajstić information content (AvgIpc) is 3.27. The van der Waals surface area contributed by atoms with Crippen LogP contribution in [0.5, 0.6) is 5.75 Å². The highest BCUT2D eigenvalue weighted by molar-refractivity contribution is 6.30. The van der Waals surface area contributed by atoms with Gasteiger partial charge in [0.05, 0.1) is 11.5 Å². The molecule has 1 N–H and O–H groups in total. The SMILES string of the molecule is CC[C@H](C)Oc1ccc(NC(=O)C2(c3ccc(Cl)cc3)CCCC2)c2ccccc12. The number of hydrogen-bond acceptors (Lipinski definition) is 2. The van der Waals surface area contributed by atoms with Gasteiger partial charge in [0.2, 0.25) is 5.91 Å². The molecule has 0 aromatic heterocycles. The number of benzene rings is 3. The zero-order valence-corrected chi connectivity index (χ0v) is 18.3. The number of rotatable bonds is 6. The van der Waals surface area contributed by atoms with Crippen molar-refractivity contribution in [3.63, 3.8) is 0 Å². The highest BCUT2D eigenvalue weighted by Crippen LogP contribution is 2.43. The Morgan fingerprint density at radius 2 is 1.70 bits per heavy atom. The molecule has 1 atom stereocenters. The number of hydrogen-bond donors (Lipinski definition) is 1. The molecule has 1 fully saturated rings. The molecule has 156 valence electrons. The number of fused-ring (bicyclic) bond motifs is 1. The van der Waals surface area contributed by atoms with Crippen LogP contribution in [0.1, 0.15) is 51.5 Å². The Labute approximate surface area is 183 Å². The predicted octanol–water partition coefficient (Wildman–Crippen LogP) is 7.12. The van der Waals surface area contributed by atoms with E-state index in [-0.39, 0.29) is 12.0 Å². The van der Waals surface area contributed by atoms with E-state index < -0.39 is 5.41 Å². The quantitative estimate of drug-likeness (QED) is 0.460. The summed E-state index contributed by atoms with van der Waals surface area (Å²) >= 11 is 6.09. The summed E-state index contributed by atoms with van der Waals surface area (Å²) < 4.78 is 6.11. The van der Waals surface area contributed by atoms with Crippen LogP contribution in [0.2, 0.25) is 5.02 Å². The molecular weight excluding hydrogens is 394 g/mol. The van der Waals surface area contributed by atoms with Gasteiger partial charge in [-0.3, -0.25) is 4.79 Å². The zero-order valence-electron chi connectivity index (χ0n) is 17.6. The van der Waals surface area contributed by atoms with Crippen molar-refractivity contribution in [1.29, 1.82) is 0 Å². The minimum Gasteiger partial charge on any atom is -0.490 e. The highest BCUT2D eigenvalue weighted by atomic mass is 35.5. The smallest absolute Gasteiger partial charge is 0.235 e. The van der Waals surface area contributed by atoms with Crippen LogP contribution in [0.25, 0.3) is 10.8 Å². The second-order valence-electron chi connectivity index (χ2n) is 8.24. The Hall–Kier alpha value is -2.52. The summed E-state index contributed by atoms with van der Waals surface area (Å²) in [5.41, 5.74) is 1.37. The molecule has 1 saturated carbocycles. The van der Waals surface area contributed by atoms with Crippen LogP contribution in [0.3, 0.4) is 0 Å². The van der Waals surface area contributed by atoms with E-state index in [2.05, 4.69) is 19.2 Å². The molecule has 4 heteroatoms. The number of halogens is 1. The van der Waals surface area contributed by atoms with Gasteiger partial charge >= 0.3 is 0 Å². The van der Waals surface area contributed by atoms with Crippen LogP contribution in [0, 0.1) is 0 Å². The van der Waals surface area contributed by atoms with Crippen LogP contribution in [-0.2, 0) is 10.2 Å². The van der Waals surface area contributed by atoms with E-state index in [1.165, 1.54) is 0 Å². The van der Waals surface area contributed by atoms with Gasteiger partial charge in [-0.15, -0.1) is 0 Å². The minimum absolute atomic E-state index is 0.0584. The van der Waals surface area contributed by atoms with Crippen LogP contribution >= 0.6 is 11.6 Å². The molecule has 1 amide bonds. The fourth-order valence-corrected chi connectivity index (χ4v) is 4.55. The summed E-state index contributed by atoms with van der Waals surface area (Å²) in [4.78, 5) is 13.6. The molecule has 0 radical (unpaired) electrons. The van der Waals surface area contributed by atoms with Crippen molar-refractivity contribution >= 4 is 34.0 Å². The van der Waals surface area contributed by atoms with E-state index >= 15 is 0 Å². The van der Waals surface area contributed by atoms with Crippen LogP contribution in [0.4, 0.5) is 5.69 Å². The zero-order chi connectivity index (χ0) is 21.1. The first-order valence-corrected chi connectivity index (χ1v) is 11.2.